The molecule has 3 rings (SSSR count). The van der Waals surface area contributed by atoms with E-state index in [1.165, 1.54) is 44.2 Å². The van der Waals surface area contributed by atoms with Crippen LogP contribution in [0, 0.1) is 11.6 Å². The molecule has 3 aromatic rings. The fourth-order valence-electron chi connectivity index (χ4n) is 3.37. The number of carbonyl (C=O) groups is 1. The summed E-state index contributed by atoms with van der Waals surface area (Å²) in [4.78, 5) is 11.6. The number of benzene rings is 3. The highest BCUT2D eigenvalue weighted by Gasteiger charge is 2.32. The standard InChI is InChI=1S/C26H27F2NO4/c1-26(2,25(30)31)23-14-18(7-8-24(23)28)19-12-20(27)15-22(13-19)33-10-9-29-16-17-5-4-6-21(11-17)32-3/h4-8,11-15,29H,9-10,16H2,1-3H3,(H,30,31). The Labute approximate surface area is 192 Å². The van der Waals surface area contributed by atoms with Crippen LogP contribution in [0.3, 0.4) is 0 Å². The third-order valence-corrected chi connectivity index (χ3v) is 5.39. The number of hydrogen-bond acceptors (Lipinski definition) is 4. The van der Waals surface area contributed by atoms with Gasteiger partial charge < -0.3 is 19.9 Å². The maximum atomic E-state index is 14.3. The van der Waals surface area contributed by atoms with Crippen molar-refractivity contribution in [3.63, 3.8) is 0 Å². The van der Waals surface area contributed by atoms with Gasteiger partial charge in [0.05, 0.1) is 12.5 Å². The van der Waals surface area contributed by atoms with Crippen molar-refractivity contribution < 1.29 is 28.2 Å². The Hall–Kier alpha value is -3.45. The topological polar surface area (TPSA) is 67.8 Å². The van der Waals surface area contributed by atoms with Crippen molar-refractivity contribution in [1.29, 1.82) is 0 Å². The van der Waals surface area contributed by atoms with E-state index in [1.807, 2.05) is 24.3 Å². The van der Waals surface area contributed by atoms with E-state index < -0.39 is 23.0 Å². The molecule has 5 nitrogen and oxygen atoms in total. The lowest BCUT2D eigenvalue weighted by Gasteiger charge is -2.21. The van der Waals surface area contributed by atoms with Gasteiger partial charge in [-0.2, -0.15) is 0 Å². The molecule has 0 radical (unpaired) electrons. The number of halogens is 2. The van der Waals surface area contributed by atoms with Crippen molar-refractivity contribution in [1.82, 2.24) is 5.32 Å². The highest BCUT2D eigenvalue weighted by molar-refractivity contribution is 5.81. The maximum Gasteiger partial charge on any atom is 0.313 e. The van der Waals surface area contributed by atoms with E-state index in [0.717, 1.165) is 11.3 Å². The van der Waals surface area contributed by atoms with Crippen LogP contribution in [-0.4, -0.2) is 31.3 Å². The summed E-state index contributed by atoms with van der Waals surface area (Å²) in [5.41, 5.74) is 0.638. The lowest BCUT2D eigenvalue weighted by atomic mass is 9.83. The number of nitrogens with one attached hydrogen (secondary N) is 1. The molecule has 0 heterocycles. The van der Waals surface area contributed by atoms with Crippen LogP contribution in [-0.2, 0) is 16.8 Å². The number of carboxylic acids is 1. The van der Waals surface area contributed by atoms with E-state index >= 15 is 0 Å². The van der Waals surface area contributed by atoms with Gasteiger partial charge in [-0.15, -0.1) is 0 Å². The molecular weight excluding hydrogens is 428 g/mol. The van der Waals surface area contributed by atoms with Crippen molar-refractivity contribution in [2.24, 2.45) is 0 Å². The second-order valence-corrected chi connectivity index (χ2v) is 8.18. The average Bonchev–Trinajstić information content (AvgIpc) is 2.78. The zero-order valence-corrected chi connectivity index (χ0v) is 18.8. The van der Waals surface area contributed by atoms with Crippen molar-refractivity contribution in [3.05, 3.63) is 83.4 Å². The van der Waals surface area contributed by atoms with E-state index in [9.17, 15) is 18.7 Å². The summed E-state index contributed by atoms with van der Waals surface area (Å²) in [6, 6.07) is 16.1. The average molecular weight is 456 g/mol. The predicted molar refractivity (Wildman–Crippen MR) is 123 cm³/mol. The molecule has 0 amide bonds. The number of methoxy groups -OCH3 is 1. The molecule has 0 aliphatic carbocycles. The molecule has 0 fully saturated rings. The monoisotopic (exact) mass is 455 g/mol. The summed E-state index contributed by atoms with van der Waals surface area (Å²) in [5, 5.41) is 12.7. The van der Waals surface area contributed by atoms with Crippen LogP contribution < -0.4 is 14.8 Å². The first-order chi connectivity index (χ1) is 15.7. The molecule has 0 aliphatic rings. The van der Waals surface area contributed by atoms with Crippen molar-refractivity contribution in [2.75, 3.05) is 20.3 Å². The van der Waals surface area contributed by atoms with Gasteiger partial charge in [-0.3, -0.25) is 4.79 Å². The SMILES string of the molecule is COc1cccc(CNCCOc2cc(F)cc(-c3ccc(F)c(C(C)(C)C(=O)O)c3)c2)c1. The summed E-state index contributed by atoms with van der Waals surface area (Å²) in [6.07, 6.45) is 0. The molecule has 0 bridgehead atoms. The molecule has 174 valence electrons. The fraction of sp³-hybridized carbons (Fsp3) is 0.269. The van der Waals surface area contributed by atoms with Crippen LogP contribution in [0.15, 0.2) is 60.7 Å². The van der Waals surface area contributed by atoms with Gasteiger partial charge in [-0.05, 0) is 66.9 Å². The molecule has 33 heavy (non-hydrogen) atoms. The zero-order chi connectivity index (χ0) is 24.0. The molecular formula is C26H27F2NO4. The Morgan fingerprint density at radius 3 is 2.52 bits per heavy atom. The molecule has 7 heteroatoms. The predicted octanol–water partition coefficient (Wildman–Crippen LogP) is 5.17. The van der Waals surface area contributed by atoms with Gasteiger partial charge in [0.15, 0.2) is 0 Å². The summed E-state index contributed by atoms with van der Waals surface area (Å²) < 4.78 is 39.5. The Morgan fingerprint density at radius 2 is 1.79 bits per heavy atom. The Morgan fingerprint density at radius 1 is 1.00 bits per heavy atom. The smallest absolute Gasteiger partial charge is 0.313 e. The van der Waals surface area contributed by atoms with Crippen LogP contribution in [0.4, 0.5) is 8.78 Å². The number of hydrogen-bond donors (Lipinski definition) is 2. The van der Waals surface area contributed by atoms with Gasteiger partial charge in [-0.1, -0.05) is 18.2 Å². The third-order valence-electron chi connectivity index (χ3n) is 5.39. The Bertz CT molecular complexity index is 1130. The van der Waals surface area contributed by atoms with Crippen LogP contribution in [0.5, 0.6) is 11.5 Å². The first-order valence-electron chi connectivity index (χ1n) is 10.5. The van der Waals surface area contributed by atoms with E-state index in [4.69, 9.17) is 9.47 Å². The Kier molecular flexibility index (Phi) is 7.66. The Balaban J connectivity index is 1.67. The summed E-state index contributed by atoms with van der Waals surface area (Å²) >= 11 is 0. The van der Waals surface area contributed by atoms with Crippen LogP contribution >= 0.6 is 0 Å². The highest BCUT2D eigenvalue weighted by Crippen LogP contribution is 2.32. The molecule has 3 aromatic carbocycles. The van der Waals surface area contributed by atoms with E-state index in [1.54, 1.807) is 13.2 Å². The summed E-state index contributed by atoms with van der Waals surface area (Å²) in [7, 11) is 1.62. The molecule has 0 aliphatic heterocycles. The minimum Gasteiger partial charge on any atom is -0.497 e. The highest BCUT2D eigenvalue weighted by atomic mass is 19.1. The molecule has 0 unspecified atom stereocenters. The number of rotatable bonds is 10. The number of ether oxygens (including phenoxy) is 2. The second-order valence-electron chi connectivity index (χ2n) is 8.18. The van der Waals surface area contributed by atoms with Crippen LogP contribution in [0.25, 0.3) is 11.1 Å². The van der Waals surface area contributed by atoms with Crippen molar-refractivity contribution >= 4 is 5.97 Å². The summed E-state index contributed by atoms with van der Waals surface area (Å²) in [6.45, 7) is 4.34. The quantitative estimate of drug-likeness (QED) is 0.413. The van der Waals surface area contributed by atoms with Gasteiger partial charge in [0.25, 0.3) is 0 Å². The molecule has 0 saturated carbocycles. The minimum atomic E-state index is -1.43. The lowest BCUT2D eigenvalue weighted by molar-refractivity contribution is -0.142. The van der Waals surface area contributed by atoms with E-state index in [-0.39, 0.29) is 5.56 Å². The summed E-state index contributed by atoms with van der Waals surface area (Å²) in [5.74, 6) is -1.16. The van der Waals surface area contributed by atoms with Crippen LogP contribution in [0.1, 0.15) is 25.0 Å². The fourth-order valence-corrected chi connectivity index (χ4v) is 3.37. The zero-order valence-electron chi connectivity index (χ0n) is 18.8. The molecule has 0 spiro atoms. The minimum absolute atomic E-state index is 0.0287. The first-order valence-corrected chi connectivity index (χ1v) is 10.5. The number of carboxylic acid groups (broad SMARTS) is 1. The van der Waals surface area contributed by atoms with Crippen molar-refractivity contribution in [2.45, 2.75) is 25.8 Å². The lowest BCUT2D eigenvalue weighted by Crippen LogP contribution is -2.29. The number of aliphatic carboxylic acids is 1. The molecule has 0 aromatic heterocycles. The molecule has 0 saturated heterocycles. The molecule has 2 N–H and O–H groups in total. The normalized spacial score (nSPS) is 11.3. The maximum absolute atomic E-state index is 14.3. The largest absolute Gasteiger partial charge is 0.497 e. The van der Waals surface area contributed by atoms with Gasteiger partial charge in [0.1, 0.15) is 29.7 Å². The molecule has 0 atom stereocenters. The van der Waals surface area contributed by atoms with E-state index in [0.29, 0.717) is 36.6 Å². The van der Waals surface area contributed by atoms with Gasteiger partial charge in [0, 0.05) is 24.7 Å². The van der Waals surface area contributed by atoms with Gasteiger partial charge in [-0.25, -0.2) is 8.78 Å². The van der Waals surface area contributed by atoms with Gasteiger partial charge >= 0.3 is 5.97 Å². The first kappa shape index (κ1) is 24.2. The van der Waals surface area contributed by atoms with Gasteiger partial charge in [0.2, 0.25) is 0 Å². The van der Waals surface area contributed by atoms with Crippen molar-refractivity contribution in [3.8, 4) is 22.6 Å². The second kappa shape index (κ2) is 10.4. The van der Waals surface area contributed by atoms with Crippen LogP contribution in [0.2, 0.25) is 0 Å². The van der Waals surface area contributed by atoms with E-state index in [2.05, 4.69) is 5.32 Å². The third kappa shape index (κ3) is 6.08.